The topological polar surface area (TPSA) is 21.3 Å². The van der Waals surface area contributed by atoms with E-state index in [9.17, 15) is 0 Å². The molecule has 1 fully saturated rings. The second-order valence-electron chi connectivity index (χ2n) is 5.94. The van der Waals surface area contributed by atoms with Crippen LogP contribution < -0.4 is 5.32 Å². The number of rotatable bonds is 7. The molecule has 1 aliphatic rings. The molecule has 0 aromatic heterocycles. The second-order valence-corrected chi connectivity index (χ2v) is 6.85. The molecule has 1 saturated carbocycles. The summed E-state index contributed by atoms with van der Waals surface area (Å²) in [5, 5.41) is 3.57. The number of ether oxygens (including phenoxy) is 1. The van der Waals surface area contributed by atoms with Gasteiger partial charge in [0.2, 0.25) is 0 Å². The molecule has 3 heteroatoms. The van der Waals surface area contributed by atoms with Gasteiger partial charge in [-0.25, -0.2) is 0 Å². The van der Waals surface area contributed by atoms with E-state index in [2.05, 4.69) is 59.4 Å². The first-order valence-corrected chi connectivity index (χ1v) is 7.40. The van der Waals surface area contributed by atoms with Gasteiger partial charge in [-0.15, -0.1) is 0 Å². The highest BCUT2D eigenvalue weighted by molar-refractivity contribution is 9.10. The third-order valence-corrected chi connectivity index (χ3v) is 3.65. The Labute approximate surface area is 118 Å². The molecule has 1 aromatic rings. The van der Waals surface area contributed by atoms with Gasteiger partial charge in [0.1, 0.15) is 0 Å². The van der Waals surface area contributed by atoms with Crippen molar-refractivity contribution in [1.29, 1.82) is 0 Å². The normalized spacial score (nSPS) is 15.9. The van der Waals surface area contributed by atoms with E-state index in [-0.39, 0.29) is 5.41 Å². The molecule has 0 aliphatic heterocycles. The van der Waals surface area contributed by atoms with Gasteiger partial charge in [-0.05, 0) is 30.5 Å². The maximum Gasteiger partial charge on any atom is 0.0717 e. The summed E-state index contributed by atoms with van der Waals surface area (Å²) >= 11 is 3.44. The monoisotopic (exact) mass is 311 g/mol. The maximum absolute atomic E-state index is 5.82. The fraction of sp³-hybridized carbons (Fsp3) is 0.600. The van der Waals surface area contributed by atoms with Crippen LogP contribution >= 0.6 is 15.9 Å². The Hall–Kier alpha value is -0.380. The Kier molecular flexibility index (Phi) is 4.82. The van der Waals surface area contributed by atoms with Crippen LogP contribution in [0.2, 0.25) is 0 Å². The average Bonchev–Trinajstić information content (AvgIpc) is 3.13. The third-order valence-electron chi connectivity index (χ3n) is 3.12. The van der Waals surface area contributed by atoms with E-state index in [0.29, 0.717) is 6.61 Å². The smallest absolute Gasteiger partial charge is 0.0717 e. The Bertz CT molecular complexity index is 371. The number of nitrogens with one attached hydrogen (secondary N) is 1. The van der Waals surface area contributed by atoms with Crippen LogP contribution in [0, 0.1) is 5.41 Å². The standard InChI is InChI=1S/C15H22BrNO/c1-15(2,10-17-14-7-8-14)11-18-9-12-3-5-13(16)6-4-12/h3-6,14,17H,7-11H2,1-2H3. The van der Waals surface area contributed by atoms with Crippen LogP contribution in [-0.2, 0) is 11.3 Å². The molecule has 0 amide bonds. The average molecular weight is 312 g/mol. The van der Waals surface area contributed by atoms with Gasteiger partial charge in [0, 0.05) is 22.5 Å². The lowest BCUT2D eigenvalue weighted by atomic mass is 9.95. The summed E-state index contributed by atoms with van der Waals surface area (Å²) in [4.78, 5) is 0. The summed E-state index contributed by atoms with van der Waals surface area (Å²) < 4.78 is 6.93. The predicted octanol–water partition coefficient (Wildman–Crippen LogP) is 3.74. The molecule has 0 atom stereocenters. The Morgan fingerprint density at radius 3 is 2.56 bits per heavy atom. The van der Waals surface area contributed by atoms with Crippen LogP contribution in [0.25, 0.3) is 0 Å². The van der Waals surface area contributed by atoms with E-state index in [1.807, 2.05) is 0 Å². The second kappa shape index (κ2) is 6.18. The molecule has 0 spiro atoms. The van der Waals surface area contributed by atoms with Crippen LogP contribution in [0.1, 0.15) is 32.3 Å². The minimum atomic E-state index is 0.206. The van der Waals surface area contributed by atoms with E-state index in [1.54, 1.807) is 0 Å². The van der Waals surface area contributed by atoms with E-state index >= 15 is 0 Å². The fourth-order valence-corrected chi connectivity index (χ4v) is 2.05. The van der Waals surface area contributed by atoms with Crippen LogP contribution in [-0.4, -0.2) is 19.2 Å². The molecule has 18 heavy (non-hydrogen) atoms. The van der Waals surface area contributed by atoms with Crippen molar-refractivity contribution in [2.24, 2.45) is 5.41 Å². The lowest BCUT2D eigenvalue weighted by Crippen LogP contribution is -2.34. The number of halogens is 1. The summed E-state index contributed by atoms with van der Waals surface area (Å²) in [5.41, 5.74) is 1.43. The molecule has 2 rings (SSSR count). The molecule has 0 unspecified atom stereocenters. The minimum absolute atomic E-state index is 0.206. The summed E-state index contributed by atoms with van der Waals surface area (Å²) in [7, 11) is 0. The van der Waals surface area contributed by atoms with Gasteiger partial charge in [-0.2, -0.15) is 0 Å². The van der Waals surface area contributed by atoms with E-state index in [1.165, 1.54) is 18.4 Å². The SMILES string of the molecule is CC(C)(CNC1CC1)COCc1ccc(Br)cc1. The molecule has 1 aliphatic carbocycles. The summed E-state index contributed by atoms with van der Waals surface area (Å²) in [5.74, 6) is 0. The molecule has 0 heterocycles. The van der Waals surface area contributed by atoms with E-state index in [4.69, 9.17) is 4.74 Å². The van der Waals surface area contributed by atoms with Gasteiger partial charge in [0.15, 0.2) is 0 Å². The quantitative estimate of drug-likeness (QED) is 0.828. The van der Waals surface area contributed by atoms with Gasteiger partial charge in [-0.1, -0.05) is 41.9 Å². The summed E-state index contributed by atoms with van der Waals surface area (Å²) in [6, 6.07) is 9.08. The highest BCUT2D eigenvalue weighted by Gasteiger charge is 2.25. The first-order chi connectivity index (χ1) is 8.55. The first-order valence-electron chi connectivity index (χ1n) is 6.61. The van der Waals surface area contributed by atoms with Crippen molar-refractivity contribution >= 4 is 15.9 Å². The van der Waals surface area contributed by atoms with Gasteiger partial charge in [0.25, 0.3) is 0 Å². The summed E-state index contributed by atoms with van der Waals surface area (Å²) in [6.45, 7) is 7.04. The van der Waals surface area contributed by atoms with Crippen molar-refractivity contribution in [1.82, 2.24) is 5.32 Å². The largest absolute Gasteiger partial charge is 0.376 e. The van der Waals surface area contributed by atoms with Crippen molar-refractivity contribution in [2.75, 3.05) is 13.2 Å². The Balaban J connectivity index is 1.68. The first kappa shape index (κ1) is 14.0. The lowest BCUT2D eigenvalue weighted by molar-refractivity contribution is 0.0511. The van der Waals surface area contributed by atoms with Crippen molar-refractivity contribution in [3.63, 3.8) is 0 Å². The van der Waals surface area contributed by atoms with E-state index in [0.717, 1.165) is 23.7 Å². The van der Waals surface area contributed by atoms with Crippen LogP contribution in [0.4, 0.5) is 0 Å². The fourth-order valence-electron chi connectivity index (χ4n) is 1.78. The van der Waals surface area contributed by atoms with Crippen molar-refractivity contribution in [3.8, 4) is 0 Å². The highest BCUT2D eigenvalue weighted by Crippen LogP contribution is 2.22. The number of hydrogen-bond donors (Lipinski definition) is 1. The molecule has 0 radical (unpaired) electrons. The molecular weight excluding hydrogens is 290 g/mol. The number of hydrogen-bond acceptors (Lipinski definition) is 2. The van der Waals surface area contributed by atoms with E-state index < -0.39 is 0 Å². The van der Waals surface area contributed by atoms with Gasteiger partial charge in [-0.3, -0.25) is 0 Å². The zero-order valence-corrected chi connectivity index (χ0v) is 12.8. The van der Waals surface area contributed by atoms with Crippen molar-refractivity contribution < 1.29 is 4.74 Å². The summed E-state index contributed by atoms with van der Waals surface area (Å²) in [6.07, 6.45) is 2.69. The third kappa shape index (κ3) is 5.09. The molecular formula is C15H22BrNO. The molecule has 0 saturated heterocycles. The van der Waals surface area contributed by atoms with Crippen LogP contribution in [0.15, 0.2) is 28.7 Å². The lowest BCUT2D eigenvalue weighted by Gasteiger charge is -2.25. The Morgan fingerprint density at radius 1 is 1.28 bits per heavy atom. The number of benzene rings is 1. The maximum atomic E-state index is 5.82. The Morgan fingerprint density at radius 2 is 1.94 bits per heavy atom. The molecule has 1 aromatic carbocycles. The zero-order chi connectivity index (χ0) is 13.0. The van der Waals surface area contributed by atoms with Crippen LogP contribution in [0.5, 0.6) is 0 Å². The van der Waals surface area contributed by atoms with Crippen molar-refractivity contribution in [2.45, 2.75) is 39.3 Å². The van der Waals surface area contributed by atoms with Crippen molar-refractivity contribution in [3.05, 3.63) is 34.3 Å². The highest BCUT2D eigenvalue weighted by atomic mass is 79.9. The minimum Gasteiger partial charge on any atom is -0.376 e. The van der Waals surface area contributed by atoms with Gasteiger partial charge >= 0.3 is 0 Å². The molecule has 1 N–H and O–H groups in total. The molecule has 2 nitrogen and oxygen atoms in total. The molecule has 0 bridgehead atoms. The van der Waals surface area contributed by atoms with Crippen LogP contribution in [0.3, 0.4) is 0 Å². The van der Waals surface area contributed by atoms with Gasteiger partial charge in [0.05, 0.1) is 13.2 Å². The zero-order valence-electron chi connectivity index (χ0n) is 11.2. The van der Waals surface area contributed by atoms with Gasteiger partial charge < -0.3 is 10.1 Å². The predicted molar refractivity (Wildman–Crippen MR) is 78.6 cm³/mol. The molecule has 100 valence electrons.